The molecule has 3 aromatic rings. The first-order valence-corrected chi connectivity index (χ1v) is 10.7. The Balaban J connectivity index is 1.98. The maximum Gasteiger partial charge on any atom is 0.407 e. The number of pyridine rings is 1. The van der Waals surface area contributed by atoms with Gasteiger partial charge in [-0.05, 0) is 45.4 Å². The molecule has 0 fully saturated rings. The van der Waals surface area contributed by atoms with Gasteiger partial charge >= 0.3 is 6.09 Å². The van der Waals surface area contributed by atoms with Gasteiger partial charge in [0.1, 0.15) is 16.9 Å². The number of nitrogen functional groups attached to an aromatic ring is 1. The van der Waals surface area contributed by atoms with Crippen LogP contribution in [-0.4, -0.2) is 32.8 Å². The minimum absolute atomic E-state index is 0.419. The number of imidazole rings is 1. The van der Waals surface area contributed by atoms with Crippen molar-refractivity contribution in [1.82, 2.24) is 19.9 Å². The third kappa shape index (κ3) is 4.98. The molecular formula is C21H28BrN5O2. The Bertz CT molecular complexity index is 1040. The number of anilines is 1. The number of ether oxygens (including phenoxy) is 1. The summed E-state index contributed by atoms with van der Waals surface area (Å²) in [6.45, 7) is 8.69. The second-order valence-corrected chi connectivity index (χ2v) is 8.98. The van der Waals surface area contributed by atoms with Gasteiger partial charge in [-0.1, -0.05) is 29.3 Å². The number of benzene rings is 1. The summed E-state index contributed by atoms with van der Waals surface area (Å²) < 4.78 is 8.43. The van der Waals surface area contributed by atoms with Crippen molar-refractivity contribution in [3.05, 3.63) is 28.5 Å². The molecule has 0 bridgehead atoms. The average Bonchev–Trinajstić information content (AvgIpc) is 2.97. The summed E-state index contributed by atoms with van der Waals surface area (Å²) in [5.74, 6) is 1.37. The standard InChI is InChI=1S/C21H28BrN5O2/c1-5-6-7-16-26-17-18(14-9-8-13(22)12-15(14)25-19(17)23)27(16)11-10-24-20(28)29-21(2,3)4/h8-9,12H,5-7,10-11H2,1-4H3,(H2,23,25)(H,24,28). The van der Waals surface area contributed by atoms with Crippen LogP contribution >= 0.6 is 15.9 Å². The number of hydrogen-bond donors (Lipinski definition) is 2. The topological polar surface area (TPSA) is 95.1 Å². The second kappa shape index (κ2) is 8.57. The maximum atomic E-state index is 12.0. The van der Waals surface area contributed by atoms with Crippen molar-refractivity contribution in [2.24, 2.45) is 0 Å². The van der Waals surface area contributed by atoms with E-state index in [2.05, 4.69) is 37.7 Å². The normalized spacial score (nSPS) is 11.9. The van der Waals surface area contributed by atoms with Crippen molar-refractivity contribution in [1.29, 1.82) is 0 Å². The van der Waals surface area contributed by atoms with Crippen LogP contribution in [0.2, 0.25) is 0 Å². The number of nitrogens with two attached hydrogens (primary N) is 1. The molecule has 0 atom stereocenters. The third-order valence-electron chi connectivity index (χ3n) is 4.50. The molecule has 3 N–H and O–H groups in total. The Labute approximate surface area is 179 Å². The molecule has 0 aliphatic carbocycles. The Morgan fingerprint density at radius 3 is 2.76 bits per heavy atom. The van der Waals surface area contributed by atoms with Crippen molar-refractivity contribution in [3.63, 3.8) is 0 Å². The molecule has 0 aliphatic heterocycles. The number of aryl methyl sites for hydroxylation is 1. The lowest BCUT2D eigenvalue weighted by molar-refractivity contribution is 0.0526. The maximum absolute atomic E-state index is 12.0. The molecule has 0 radical (unpaired) electrons. The van der Waals surface area contributed by atoms with Crippen molar-refractivity contribution < 1.29 is 9.53 Å². The number of halogens is 1. The van der Waals surface area contributed by atoms with E-state index < -0.39 is 11.7 Å². The highest BCUT2D eigenvalue weighted by Crippen LogP contribution is 2.30. The summed E-state index contributed by atoms with van der Waals surface area (Å²) in [7, 11) is 0. The molecule has 156 valence electrons. The number of aromatic nitrogens is 3. The summed E-state index contributed by atoms with van der Waals surface area (Å²) >= 11 is 3.50. The molecule has 3 rings (SSSR count). The van der Waals surface area contributed by atoms with E-state index in [0.717, 1.165) is 46.0 Å². The minimum atomic E-state index is -0.526. The molecule has 29 heavy (non-hydrogen) atoms. The monoisotopic (exact) mass is 461 g/mol. The lowest BCUT2D eigenvalue weighted by Crippen LogP contribution is -2.34. The zero-order valence-corrected chi connectivity index (χ0v) is 19.0. The van der Waals surface area contributed by atoms with E-state index in [1.807, 2.05) is 39.0 Å². The third-order valence-corrected chi connectivity index (χ3v) is 5.00. The lowest BCUT2D eigenvalue weighted by Gasteiger charge is -2.20. The molecule has 7 nitrogen and oxygen atoms in total. The molecule has 2 heterocycles. The summed E-state index contributed by atoms with van der Waals surface area (Å²) in [5, 5.41) is 3.82. The summed E-state index contributed by atoms with van der Waals surface area (Å²) in [5.41, 5.74) is 8.19. The molecule has 0 saturated carbocycles. The predicted octanol–water partition coefficient (Wildman–Crippen LogP) is 4.80. The molecule has 0 saturated heterocycles. The molecular weight excluding hydrogens is 434 g/mol. The van der Waals surface area contributed by atoms with Gasteiger partial charge in [0.05, 0.1) is 11.0 Å². The smallest absolute Gasteiger partial charge is 0.407 e. The number of carbonyl (C=O) groups excluding carboxylic acids is 1. The molecule has 1 amide bonds. The van der Waals surface area contributed by atoms with E-state index in [-0.39, 0.29) is 0 Å². The van der Waals surface area contributed by atoms with Gasteiger partial charge in [-0.3, -0.25) is 0 Å². The number of hydrogen-bond acceptors (Lipinski definition) is 5. The zero-order chi connectivity index (χ0) is 21.2. The first-order chi connectivity index (χ1) is 13.7. The predicted molar refractivity (Wildman–Crippen MR) is 120 cm³/mol. The number of rotatable bonds is 6. The minimum Gasteiger partial charge on any atom is -0.444 e. The Hall–Kier alpha value is -2.35. The van der Waals surface area contributed by atoms with E-state index in [0.29, 0.717) is 24.4 Å². The van der Waals surface area contributed by atoms with Gasteiger partial charge < -0.3 is 20.4 Å². The van der Waals surface area contributed by atoms with Crippen LogP contribution in [0.25, 0.3) is 21.9 Å². The first-order valence-electron chi connectivity index (χ1n) is 9.90. The van der Waals surface area contributed by atoms with E-state index in [1.165, 1.54) is 0 Å². The zero-order valence-electron chi connectivity index (χ0n) is 17.4. The Morgan fingerprint density at radius 2 is 2.07 bits per heavy atom. The fourth-order valence-electron chi connectivity index (χ4n) is 3.28. The fraction of sp³-hybridized carbons (Fsp3) is 0.476. The number of alkyl carbamates (subject to hydrolysis) is 1. The van der Waals surface area contributed by atoms with Gasteiger partial charge in [0.2, 0.25) is 0 Å². The number of nitrogens with zero attached hydrogens (tertiary/aromatic N) is 3. The van der Waals surface area contributed by atoms with Gasteiger partial charge in [-0.2, -0.15) is 0 Å². The summed E-state index contributed by atoms with van der Waals surface area (Å²) in [6.07, 6.45) is 2.52. The van der Waals surface area contributed by atoms with Crippen LogP contribution in [0.3, 0.4) is 0 Å². The number of fused-ring (bicyclic) bond motifs is 3. The molecule has 1 aromatic carbocycles. The highest BCUT2D eigenvalue weighted by Gasteiger charge is 2.19. The SMILES string of the molecule is CCCCc1nc2c(N)nc3cc(Br)ccc3c2n1CCNC(=O)OC(C)(C)C. The van der Waals surface area contributed by atoms with Crippen molar-refractivity contribution in [2.75, 3.05) is 12.3 Å². The second-order valence-electron chi connectivity index (χ2n) is 8.07. The largest absolute Gasteiger partial charge is 0.444 e. The van der Waals surface area contributed by atoms with Gasteiger partial charge in [0.15, 0.2) is 5.82 Å². The van der Waals surface area contributed by atoms with Gasteiger partial charge in [-0.15, -0.1) is 0 Å². The quantitative estimate of drug-likeness (QED) is 0.549. The summed E-state index contributed by atoms with van der Waals surface area (Å²) in [6, 6.07) is 5.96. The number of nitrogens with one attached hydrogen (secondary N) is 1. The van der Waals surface area contributed by atoms with E-state index in [4.69, 9.17) is 15.5 Å². The van der Waals surface area contributed by atoms with Crippen LogP contribution in [0.1, 0.15) is 46.4 Å². The average molecular weight is 462 g/mol. The fourth-order valence-corrected chi connectivity index (χ4v) is 3.63. The Morgan fingerprint density at radius 1 is 1.31 bits per heavy atom. The molecule has 0 aliphatic rings. The van der Waals surface area contributed by atoms with Gasteiger partial charge in [0.25, 0.3) is 0 Å². The van der Waals surface area contributed by atoms with Gasteiger partial charge in [0, 0.05) is 29.4 Å². The highest BCUT2D eigenvalue weighted by molar-refractivity contribution is 9.10. The first kappa shape index (κ1) is 21.4. The highest BCUT2D eigenvalue weighted by atomic mass is 79.9. The van der Waals surface area contributed by atoms with Crippen molar-refractivity contribution in [2.45, 2.75) is 59.1 Å². The lowest BCUT2D eigenvalue weighted by atomic mass is 10.2. The van der Waals surface area contributed by atoms with Gasteiger partial charge in [-0.25, -0.2) is 14.8 Å². The molecule has 8 heteroatoms. The Kier molecular flexibility index (Phi) is 6.31. The van der Waals surface area contributed by atoms with Crippen molar-refractivity contribution in [3.8, 4) is 0 Å². The molecule has 0 unspecified atom stereocenters. The number of unbranched alkanes of at least 4 members (excludes halogenated alkanes) is 1. The van der Waals surface area contributed by atoms with E-state index in [9.17, 15) is 4.79 Å². The van der Waals surface area contributed by atoms with Crippen LogP contribution in [0, 0.1) is 0 Å². The van der Waals surface area contributed by atoms with Crippen LogP contribution in [-0.2, 0) is 17.7 Å². The van der Waals surface area contributed by atoms with Crippen molar-refractivity contribution >= 4 is 49.8 Å². The van der Waals surface area contributed by atoms with Crippen LogP contribution in [0.4, 0.5) is 10.6 Å². The van der Waals surface area contributed by atoms with E-state index >= 15 is 0 Å². The number of carbonyl (C=O) groups is 1. The van der Waals surface area contributed by atoms with Crippen LogP contribution in [0.5, 0.6) is 0 Å². The van der Waals surface area contributed by atoms with E-state index in [1.54, 1.807) is 0 Å². The molecule has 0 spiro atoms. The van der Waals surface area contributed by atoms with Crippen LogP contribution in [0.15, 0.2) is 22.7 Å². The molecule has 2 aromatic heterocycles. The summed E-state index contributed by atoms with van der Waals surface area (Å²) in [4.78, 5) is 21.3. The number of amides is 1. The van der Waals surface area contributed by atoms with Crippen LogP contribution < -0.4 is 11.1 Å².